The summed E-state index contributed by atoms with van der Waals surface area (Å²) in [6, 6.07) is 7.73. The van der Waals surface area contributed by atoms with Gasteiger partial charge in [0, 0.05) is 17.7 Å². The van der Waals surface area contributed by atoms with Gasteiger partial charge in [-0.05, 0) is 24.3 Å². The Hall–Kier alpha value is -3.55. The van der Waals surface area contributed by atoms with Gasteiger partial charge in [0.15, 0.2) is 29.3 Å². The van der Waals surface area contributed by atoms with Crippen molar-refractivity contribution >= 4 is 11.0 Å². The SMILES string of the molecule is O=c1cc(-c2ccc(O)cc2)oc2cc(O[C@H]3O[C@@H](CO)[C@H](O)[C@@H](O)[C@@H]3O[C@@H]3O[C@@H](CO)[C@H](O)[C@H](O)[C@@H]3O)c(O)c(O)c12. The second-order valence-electron chi connectivity index (χ2n) is 10.1. The number of aliphatic hydroxyl groups excluding tert-OH is 7. The Bertz CT molecular complexity index is 1490. The first-order chi connectivity index (χ1) is 20.4. The van der Waals surface area contributed by atoms with E-state index in [2.05, 4.69) is 0 Å². The molecule has 16 heteroatoms. The van der Waals surface area contributed by atoms with Crippen LogP contribution in [0.5, 0.6) is 23.0 Å². The molecule has 16 nitrogen and oxygen atoms in total. The molecular weight excluding hydrogens is 580 g/mol. The van der Waals surface area contributed by atoms with Gasteiger partial charge < -0.3 is 74.4 Å². The number of phenolic OH excluding ortho intramolecular Hbond substituents is 3. The normalized spacial score (nSPS) is 33.0. The van der Waals surface area contributed by atoms with E-state index in [1.54, 1.807) is 0 Å². The van der Waals surface area contributed by atoms with Gasteiger partial charge in [0.1, 0.15) is 65.2 Å². The molecule has 43 heavy (non-hydrogen) atoms. The average Bonchev–Trinajstić information content (AvgIpc) is 2.99. The molecule has 2 aliphatic rings. The van der Waals surface area contributed by atoms with Gasteiger partial charge in [0.25, 0.3) is 0 Å². The van der Waals surface area contributed by atoms with Crippen LogP contribution in [0, 0.1) is 0 Å². The third kappa shape index (κ3) is 5.73. The van der Waals surface area contributed by atoms with E-state index < -0.39 is 103 Å². The average molecular weight is 611 g/mol. The van der Waals surface area contributed by atoms with E-state index in [-0.39, 0.29) is 17.1 Å². The fraction of sp³-hybridized carbons (Fsp3) is 0.444. The maximum absolute atomic E-state index is 12.8. The maximum Gasteiger partial charge on any atom is 0.229 e. The van der Waals surface area contributed by atoms with E-state index in [0.717, 1.165) is 12.1 Å². The number of aromatic hydroxyl groups is 3. The zero-order chi connectivity index (χ0) is 31.2. The second-order valence-corrected chi connectivity index (χ2v) is 10.1. The minimum absolute atomic E-state index is 0.0326. The van der Waals surface area contributed by atoms with Crippen LogP contribution in [-0.4, -0.2) is 126 Å². The lowest BCUT2D eigenvalue weighted by atomic mass is 9.97. The number of hydrogen-bond acceptors (Lipinski definition) is 16. The first-order valence-electron chi connectivity index (χ1n) is 13.0. The predicted octanol–water partition coefficient (Wildman–Crippen LogP) is -2.42. The number of hydrogen-bond donors (Lipinski definition) is 10. The van der Waals surface area contributed by atoms with Crippen LogP contribution < -0.4 is 10.2 Å². The Morgan fingerprint density at radius 2 is 1.33 bits per heavy atom. The van der Waals surface area contributed by atoms with Crippen LogP contribution >= 0.6 is 0 Å². The van der Waals surface area contributed by atoms with Gasteiger partial charge in [0.2, 0.25) is 12.0 Å². The molecule has 2 aliphatic heterocycles. The fourth-order valence-electron chi connectivity index (χ4n) is 4.88. The van der Waals surface area contributed by atoms with E-state index in [0.29, 0.717) is 5.56 Å². The van der Waals surface area contributed by atoms with E-state index in [1.165, 1.54) is 24.3 Å². The van der Waals surface area contributed by atoms with E-state index in [9.17, 15) is 55.9 Å². The number of phenols is 3. The largest absolute Gasteiger partial charge is 0.508 e. The highest BCUT2D eigenvalue weighted by atomic mass is 16.8. The first-order valence-corrected chi connectivity index (χ1v) is 13.0. The highest BCUT2D eigenvalue weighted by molar-refractivity contribution is 5.89. The number of fused-ring (bicyclic) bond motifs is 1. The van der Waals surface area contributed by atoms with Gasteiger partial charge in [-0.25, -0.2) is 0 Å². The first kappa shape index (κ1) is 30.9. The molecule has 2 saturated heterocycles. The topological polar surface area (TPSA) is 269 Å². The molecule has 0 radical (unpaired) electrons. The van der Waals surface area contributed by atoms with E-state index in [1.807, 2.05) is 0 Å². The molecule has 0 saturated carbocycles. The summed E-state index contributed by atoms with van der Waals surface area (Å²) < 4.78 is 27.9. The lowest BCUT2D eigenvalue weighted by Crippen LogP contribution is -2.65. The summed E-state index contributed by atoms with van der Waals surface area (Å²) in [5.41, 5.74) is -0.610. The van der Waals surface area contributed by atoms with Crippen molar-refractivity contribution in [1.82, 2.24) is 0 Å². The molecular formula is C27H30O16. The van der Waals surface area contributed by atoms with Crippen molar-refractivity contribution in [1.29, 1.82) is 0 Å². The van der Waals surface area contributed by atoms with Crippen molar-refractivity contribution in [3.05, 3.63) is 46.6 Å². The molecule has 0 spiro atoms. The Morgan fingerprint density at radius 3 is 1.95 bits per heavy atom. The van der Waals surface area contributed by atoms with Gasteiger partial charge >= 0.3 is 0 Å². The van der Waals surface area contributed by atoms with Crippen LogP contribution in [0.3, 0.4) is 0 Å². The van der Waals surface area contributed by atoms with E-state index >= 15 is 0 Å². The standard InChI is InChI=1S/C27H30O16/c28-7-15-19(33)22(36)24(38)26(41-15)43-25-23(37)20(34)16(8-29)42-27(25)40-14-6-13-17(21(35)18(14)32)11(31)5-12(39-13)9-1-3-10(30)4-2-9/h1-6,15-16,19-20,22-30,32-38H,7-8H2/t15-,16-,19-,20-,22-,23+,24-,25-,26-,27-/m0/s1. The Kier molecular flexibility index (Phi) is 8.77. The fourth-order valence-corrected chi connectivity index (χ4v) is 4.88. The molecule has 1 aromatic heterocycles. The third-order valence-electron chi connectivity index (χ3n) is 7.29. The van der Waals surface area contributed by atoms with Crippen molar-refractivity contribution in [2.24, 2.45) is 0 Å². The highest BCUT2D eigenvalue weighted by Gasteiger charge is 2.51. The molecule has 0 amide bonds. The molecule has 10 N–H and O–H groups in total. The van der Waals surface area contributed by atoms with E-state index in [4.69, 9.17) is 23.4 Å². The van der Waals surface area contributed by atoms with Gasteiger partial charge in [0.05, 0.1) is 13.2 Å². The van der Waals surface area contributed by atoms with Gasteiger partial charge in [-0.15, -0.1) is 0 Å². The molecule has 2 aromatic carbocycles. The zero-order valence-corrected chi connectivity index (χ0v) is 22.1. The van der Waals surface area contributed by atoms with Crippen molar-refractivity contribution < 1.29 is 74.4 Å². The van der Waals surface area contributed by atoms with Crippen molar-refractivity contribution in [3.8, 4) is 34.3 Å². The summed E-state index contributed by atoms with van der Waals surface area (Å²) in [6.45, 7) is -1.60. The number of benzene rings is 2. The Balaban J connectivity index is 1.51. The van der Waals surface area contributed by atoms with Crippen LogP contribution in [0.2, 0.25) is 0 Å². The quantitative estimate of drug-likeness (QED) is 0.125. The summed E-state index contributed by atoms with van der Waals surface area (Å²) >= 11 is 0. The maximum atomic E-state index is 12.8. The lowest BCUT2D eigenvalue weighted by Gasteiger charge is -2.45. The monoisotopic (exact) mass is 610 g/mol. The summed E-state index contributed by atoms with van der Waals surface area (Å²) in [4.78, 5) is 12.8. The van der Waals surface area contributed by atoms with Crippen LogP contribution in [0.25, 0.3) is 22.3 Å². The molecule has 0 aliphatic carbocycles. The summed E-state index contributed by atoms with van der Waals surface area (Å²) in [5, 5.41) is 101. The number of rotatable bonds is 7. The summed E-state index contributed by atoms with van der Waals surface area (Å²) in [5.74, 6) is -2.45. The Labute approximate surface area is 241 Å². The third-order valence-corrected chi connectivity index (χ3v) is 7.29. The number of aliphatic hydroxyl groups is 7. The molecule has 3 heterocycles. The highest BCUT2D eigenvalue weighted by Crippen LogP contribution is 2.43. The van der Waals surface area contributed by atoms with Crippen LogP contribution in [0.15, 0.2) is 45.6 Å². The molecule has 0 bridgehead atoms. The Morgan fingerprint density at radius 1 is 0.721 bits per heavy atom. The summed E-state index contributed by atoms with van der Waals surface area (Å²) in [6.07, 6.45) is -17.4. The molecule has 0 unspecified atom stereocenters. The molecule has 3 aromatic rings. The van der Waals surface area contributed by atoms with Crippen LogP contribution in [0.1, 0.15) is 0 Å². The van der Waals surface area contributed by atoms with Crippen molar-refractivity contribution in [3.63, 3.8) is 0 Å². The van der Waals surface area contributed by atoms with Gasteiger partial charge in [-0.1, -0.05) is 0 Å². The van der Waals surface area contributed by atoms with Crippen LogP contribution in [0.4, 0.5) is 0 Å². The van der Waals surface area contributed by atoms with Gasteiger partial charge in [-0.3, -0.25) is 4.79 Å². The molecule has 5 rings (SSSR count). The predicted molar refractivity (Wildman–Crippen MR) is 140 cm³/mol. The molecule has 2 fully saturated rings. The minimum atomic E-state index is -1.91. The summed E-state index contributed by atoms with van der Waals surface area (Å²) in [7, 11) is 0. The second kappa shape index (κ2) is 12.2. The smallest absolute Gasteiger partial charge is 0.229 e. The molecule has 10 atom stereocenters. The lowest BCUT2D eigenvalue weighted by molar-refractivity contribution is -0.358. The van der Waals surface area contributed by atoms with Gasteiger partial charge in [-0.2, -0.15) is 0 Å². The molecule has 234 valence electrons. The van der Waals surface area contributed by atoms with Crippen molar-refractivity contribution in [2.45, 2.75) is 61.4 Å². The number of ether oxygens (including phenoxy) is 4. The van der Waals surface area contributed by atoms with Crippen molar-refractivity contribution in [2.75, 3.05) is 13.2 Å². The zero-order valence-electron chi connectivity index (χ0n) is 22.1. The van der Waals surface area contributed by atoms with Crippen LogP contribution in [-0.2, 0) is 14.2 Å². The minimum Gasteiger partial charge on any atom is -0.508 e.